The summed E-state index contributed by atoms with van der Waals surface area (Å²) in [5, 5.41) is 2.06. The van der Waals surface area contributed by atoms with Gasteiger partial charge in [-0.05, 0) is 24.3 Å². The predicted octanol–water partition coefficient (Wildman–Crippen LogP) is 1.06. The first-order valence-corrected chi connectivity index (χ1v) is 10.7. The Labute approximate surface area is 148 Å². The van der Waals surface area contributed by atoms with Crippen molar-refractivity contribution in [3.63, 3.8) is 0 Å². The molecule has 6 nitrogen and oxygen atoms in total. The molecule has 0 N–H and O–H groups in total. The van der Waals surface area contributed by atoms with Gasteiger partial charge in [-0.25, -0.2) is 12.7 Å². The van der Waals surface area contributed by atoms with Gasteiger partial charge in [0, 0.05) is 51.7 Å². The molecule has 8 heteroatoms. The van der Waals surface area contributed by atoms with E-state index in [2.05, 4.69) is 16.3 Å². The maximum absolute atomic E-state index is 13.0. The Balaban J connectivity index is 1.90. The molecule has 0 radical (unpaired) electrons. The van der Waals surface area contributed by atoms with Crippen molar-refractivity contribution in [1.82, 2.24) is 14.1 Å². The third kappa shape index (κ3) is 3.00. The summed E-state index contributed by atoms with van der Waals surface area (Å²) in [6.45, 7) is 2.25. The normalized spacial score (nSPS) is 30.7. The molecule has 134 valence electrons. The molecule has 24 heavy (non-hydrogen) atoms. The molecule has 3 rings (SSSR count). The molecule has 2 atom stereocenters. The number of piperidine rings is 1. The van der Waals surface area contributed by atoms with Gasteiger partial charge in [0.1, 0.15) is 0 Å². The lowest BCUT2D eigenvalue weighted by atomic mass is 9.72. The van der Waals surface area contributed by atoms with Crippen molar-refractivity contribution in [3.05, 3.63) is 22.4 Å². The summed E-state index contributed by atoms with van der Waals surface area (Å²) in [7, 11) is 1.90. The molecule has 2 fully saturated rings. The summed E-state index contributed by atoms with van der Waals surface area (Å²) in [5.41, 5.74) is -0.640. The number of thiophene rings is 1. The number of amides is 1. The lowest BCUT2D eigenvalue weighted by molar-refractivity contribution is -0.148. The van der Waals surface area contributed by atoms with Crippen LogP contribution in [0.25, 0.3) is 0 Å². The van der Waals surface area contributed by atoms with E-state index in [1.165, 1.54) is 9.18 Å². The van der Waals surface area contributed by atoms with E-state index < -0.39 is 15.4 Å². The van der Waals surface area contributed by atoms with Crippen molar-refractivity contribution in [2.75, 3.05) is 40.0 Å². The average Bonchev–Trinajstić information content (AvgIpc) is 3.03. The summed E-state index contributed by atoms with van der Waals surface area (Å²) in [4.78, 5) is 18.2. The highest BCUT2D eigenvalue weighted by molar-refractivity contribution is 7.89. The van der Waals surface area contributed by atoms with Crippen LogP contribution in [0.4, 0.5) is 0 Å². The second-order valence-corrected chi connectivity index (χ2v) is 10.2. The molecule has 1 amide bonds. The summed E-state index contributed by atoms with van der Waals surface area (Å²) in [5.74, 6) is 0.0945. The lowest BCUT2D eigenvalue weighted by Crippen LogP contribution is -2.66. The molecule has 0 spiro atoms. The minimum Gasteiger partial charge on any atom is -0.348 e. The summed E-state index contributed by atoms with van der Waals surface area (Å²) in [6.07, 6.45) is 1.10. The number of carbonyl (C=O) groups excluding carboxylic acids is 1. The molecule has 1 aromatic rings. The number of carbonyl (C=O) groups is 1. The molecule has 2 aliphatic rings. The number of sulfonamides is 1. The molecule has 0 bridgehead atoms. The van der Waals surface area contributed by atoms with E-state index in [9.17, 15) is 13.2 Å². The minimum atomic E-state index is -3.25. The van der Waals surface area contributed by atoms with E-state index >= 15 is 0 Å². The van der Waals surface area contributed by atoms with Gasteiger partial charge in [0.2, 0.25) is 15.9 Å². The number of hydrogen-bond donors (Lipinski definition) is 0. The smallest absolute Gasteiger partial charge is 0.231 e. The van der Waals surface area contributed by atoms with Crippen molar-refractivity contribution < 1.29 is 13.2 Å². The highest BCUT2D eigenvalue weighted by Gasteiger charge is 2.56. The zero-order valence-electron chi connectivity index (χ0n) is 14.4. The van der Waals surface area contributed by atoms with Crippen LogP contribution >= 0.6 is 11.3 Å². The quantitative estimate of drug-likeness (QED) is 0.797. The summed E-state index contributed by atoms with van der Waals surface area (Å²) < 4.78 is 26.1. The van der Waals surface area contributed by atoms with Crippen molar-refractivity contribution in [3.8, 4) is 0 Å². The van der Waals surface area contributed by atoms with Crippen LogP contribution in [-0.4, -0.2) is 74.5 Å². The van der Waals surface area contributed by atoms with Crippen LogP contribution in [0.5, 0.6) is 0 Å². The number of rotatable bonds is 3. The van der Waals surface area contributed by atoms with Crippen LogP contribution in [0.15, 0.2) is 17.5 Å². The molecule has 0 saturated carbocycles. The van der Waals surface area contributed by atoms with Crippen molar-refractivity contribution in [2.45, 2.75) is 25.4 Å². The van der Waals surface area contributed by atoms with E-state index in [1.54, 1.807) is 37.4 Å². The van der Waals surface area contributed by atoms with Gasteiger partial charge in [-0.1, -0.05) is 6.07 Å². The average molecular weight is 372 g/mol. The highest BCUT2D eigenvalue weighted by Crippen LogP contribution is 2.43. The van der Waals surface area contributed by atoms with Gasteiger partial charge in [-0.3, -0.25) is 9.69 Å². The third-order valence-corrected chi connectivity index (χ3v) is 8.05. The Kier molecular flexibility index (Phi) is 4.76. The summed E-state index contributed by atoms with van der Waals surface area (Å²) in [6, 6.07) is 3.90. The zero-order chi connectivity index (χ0) is 17.5. The lowest BCUT2D eigenvalue weighted by Gasteiger charge is -2.53. The Morgan fingerprint density at radius 2 is 2.21 bits per heavy atom. The first kappa shape index (κ1) is 17.8. The van der Waals surface area contributed by atoms with Gasteiger partial charge in [-0.2, -0.15) is 0 Å². The minimum absolute atomic E-state index is 0.0464. The second-order valence-electron chi connectivity index (χ2n) is 7.03. The second kappa shape index (κ2) is 6.40. The van der Waals surface area contributed by atoms with Crippen LogP contribution in [0.3, 0.4) is 0 Å². The first-order chi connectivity index (χ1) is 11.3. The van der Waals surface area contributed by atoms with Crippen LogP contribution in [-0.2, 0) is 21.4 Å². The molecule has 0 unspecified atom stereocenters. The number of hydrogen-bond acceptors (Lipinski definition) is 5. The largest absolute Gasteiger partial charge is 0.348 e. The summed E-state index contributed by atoms with van der Waals surface area (Å²) >= 11 is 1.72. The van der Waals surface area contributed by atoms with Crippen molar-refractivity contribution >= 4 is 27.3 Å². The van der Waals surface area contributed by atoms with E-state index in [4.69, 9.17) is 0 Å². The Morgan fingerprint density at radius 1 is 1.46 bits per heavy atom. The molecule has 1 aromatic heterocycles. The SMILES string of the molecule is CN(C)C(=O)[C@]12CCS(=O)(=O)N(C)[C@@H]1CCN(Cc1cccs1)C2. The van der Waals surface area contributed by atoms with E-state index in [1.807, 2.05) is 6.07 Å². The van der Waals surface area contributed by atoms with Crippen LogP contribution < -0.4 is 0 Å². The maximum Gasteiger partial charge on any atom is 0.231 e. The van der Waals surface area contributed by atoms with Gasteiger partial charge in [0.15, 0.2) is 0 Å². The van der Waals surface area contributed by atoms with E-state index in [-0.39, 0.29) is 17.7 Å². The molecule has 3 heterocycles. The number of fused-ring (bicyclic) bond motifs is 1. The molecule has 0 aliphatic carbocycles. The maximum atomic E-state index is 13.0. The van der Waals surface area contributed by atoms with Gasteiger partial charge in [0.05, 0.1) is 11.2 Å². The number of nitrogens with zero attached hydrogens (tertiary/aromatic N) is 3. The Hall–Kier alpha value is -0.960. The van der Waals surface area contributed by atoms with E-state index in [0.29, 0.717) is 19.4 Å². The van der Waals surface area contributed by atoms with Crippen LogP contribution in [0.2, 0.25) is 0 Å². The van der Waals surface area contributed by atoms with E-state index in [0.717, 1.165) is 13.1 Å². The van der Waals surface area contributed by atoms with Crippen LogP contribution in [0.1, 0.15) is 17.7 Å². The zero-order valence-corrected chi connectivity index (χ0v) is 16.1. The fourth-order valence-corrected chi connectivity index (χ4v) is 6.46. The van der Waals surface area contributed by atoms with Gasteiger partial charge in [-0.15, -0.1) is 11.3 Å². The molecular formula is C16H25N3O3S2. The Morgan fingerprint density at radius 3 is 2.83 bits per heavy atom. The first-order valence-electron chi connectivity index (χ1n) is 8.18. The van der Waals surface area contributed by atoms with Crippen LogP contribution in [0, 0.1) is 5.41 Å². The molecular weight excluding hydrogens is 346 g/mol. The predicted molar refractivity (Wildman–Crippen MR) is 95.3 cm³/mol. The fraction of sp³-hybridized carbons (Fsp3) is 0.688. The highest BCUT2D eigenvalue weighted by atomic mass is 32.2. The number of likely N-dealkylation sites (tertiary alicyclic amines) is 1. The molecule has 2 saturated heterocycles. The van der Waals surface area contributed by atoms with Gasteiger partial charge < -0.3 is 4.90 Å². The van der Waals surface area contributed by atoms with Gasteiger partial charge in [0.25, 0.3) is 0 Å². The topological polar surface area (TPSA) is 60.9 Å². The third-order valence-electron chi connectivity index (χ3n) is 5.34. The van der Waals surface area contributed by atoms with Crippen molar-refractivity contribution in [2.24, 2.45) is 5.41 Å². The molecule has 0 aromatic carbocycles. The van der Waals surface area contributed by atoms with Crippen molar-refractivity contribution in [1.29, 1.82) is 0 Å². The Bertz CT molecular complexity index is 702. The van der Waals surface area contributed by atoms with Gasteiger partial charge >= 0.3 is 0 Å². The molecule has 2 aliphatic heterocycles. The monoisotopic (exact) mass is 371 g/mol. The fourth-order valence-electron chi connectivity index (χ4n) is 4.11. The standard InChI is InChI=1S/C16H25N3O3S2/c1-17(2)15(20)16-7-10-24(21,22)18(3)14(16)6-8-19(12-16)11-13-5-4-9-23-13/h4-5,9,14H,6-8,10-12H2,1-3H3/t14-,16+/m1/s1.